The van der Waals surface area contributed by atoms with Gasteiger partial charge in [0.2, 0.25) is 0 Å². The van der Waals surface area contributed by atoms with E-state index in [1.165, 1.54) is 6.92 Å². The summed E-state index contributed by atoms with van der Waals surface area (Å²) < 4.78 is 0. The standard InChI is InChI=1S/C10H11O2.C3H6O2.Y/c1-7-3-4-9(5-8(7)2)6-10(11)12;1-2-3(4)5;/h4-5H,6H2,1-2H3,(H,11,12);2H2,1H3,(H,4,5);/q-1;;/p-2. The Hall–Kier alpha value is -0.736. The van der Waals surface area contributed by atoms with Gasteiger partial charge in [0.05, 0.1) is 0 Å². The fourth-order valence-corrected chi connectivity index (χ4v) is 1.01. The van der Waals surface area contributed by atoms with Gasteiger partial charge < -0.3 is 19.8 Å². The average Bonchev–Trinajstić information content (AvgIpc) is 2.23. The number of aryl methyl sites for hydroxylation is 2. The zero-order valence-electron chi connectivity index (χ0n) is 10.8. The molecule has 0 aromatic heterocycles. The van der Waals surface area contributed by atoms with Gasteiger partial charge in [0.1, 0.15) is 0 Å². The number of aliphatic carboxylic acids is 2. The molecule has 0 atom stereocenters. The van der Waals surface area contributed by atoms with Crippen LogP contribution in [0.5, 0.6) is 0 Å². The Balaban J connectivity index is 0. The van der Waals surface area contributed by atoms with Gasteiger partial charge in [-0.25, -0.2) is 0 Å². The third-order valence-electron chi connectivity index (χ3n) is 2.10. The minimum absolute atomic E-state index is 0. The Labute approximate surface area is 132 Å². The summed E-state index contributed by atoms with van der Waals surface area (Å²) >= 11 is 0. The van der Waals surface area contributed by atoms with Gasteiger partial charge in [0.25, 0.3) is 0 Å². The van der Waals surface area contributed by atoms with E-state index in [0.29, 0.717) is 0 Å². The molecule has 0 aliphatic heterocycles. The molecule has 1 aromatic carbocycles. The van der Waals surface area contributed by atoms with Gasteiger partial charge >= 0.3 is 0 Å². The van der Waals surface area contributed by atoms with Gasteiger partial charge in [-0.2, -0.15) is 34.9 Å². The largest absolute Gasteiger partial charge is 0.551 e. The molecule has 0 aliphatic rings. The Morgan fingerprint density at radius 2 is 1.72 bits per heavy atom. The van der Waals surface area contributed by atoms with Gasteiger partial charge in [0, 0.05) is 44.6 Å². The number of hydrogen-bond acceptors (Lipinski definition) is 4. The van der Waals surface area contributed by atoms with Crippen LogP contribution in [0.2, 0.25) is 0 Å². The van der Waals surface area contributed by atoms with Crippen LogP contribution in [0.3, 0.4) is 0 Å². The van der Waals surface area contributed by atoms with Crippen molar-refractivity contribution in [3.8, 4) is 0 Å². The van der Waals surface area contributed by atoms with Crippen molar-refractivity contribution in [2.24, 2.45) is 0 Å². The van der Waals surface area contributed by atoms with Crippen LogP contribution >= 0.6 is 0 Å². The third-order valence-corrected chi connectivity index (χ3v) is 2.10. The average molecular weight is 324 g/mol. The summed E-state index contributed by atoms with van der Waals surface area (Å²) in [5.41, 5.74) is 2.86. The van der Waals surface area contributed by atoms with E-state index >= 15 is 0 Å². The Bertz CT molecular complexity index is 402. The summed E-state index contributed by atoms with van der Waals surface area (Å²) in [5.74, 6) is -2.04. The second-order valence-corrected chi connectivity index (χ2v) is 3.59. The topological polar surface area (TPSA) is 80.3 Å². The SMILES string of the molecule is CCC(=O)[O-].Cc1[c-]cc(CC(=O)[O-])cc1C.[Y]. The number of hydrogen-bond donors (Lipinski definition) is 0. The molecule has 0 spiro atoms. The molecule has 0 amide bonds. The van der Waals surface area contributed by atoms with Gasteiger partial charge in [-0.05, 0) is 12.8 Å². The van der Waals surface area contributed by atoms with Crippen molar-refractivity contribution in [3.63, 3.8) is 0 Å². The minimum Gasteiger partial charge on any atom is -0.551 e. The van der Waals surface area contributed by atoms with Crippen molar-refractivity contribution in [3.05, 3.63) is 34.9 Å². The van der Waals surface area contributed by atoms with Crippen LogP contribution in [0, 0.1) is 19.9 Å². The van der Waals surface area contributed by atoms with Crippen LogP contribution in [-0.4, -0.2) is 11.9 Å². The van der Waals surface area contributed by atoms with Crippen LogP contribution in [0.1, 0.15) is 30.0 Å². The second kappa shape index (κ2) is 10.2. The maximum atomic E-state index is 10.2. The molecule has 0 fully saturated rings. The first-order chi connectivity index (χ1) is 7.86. The predicted octanol–water partition coefficient (Wildman–Crippen LogP) is -0.460. The Morgan fingerprint density at radius 3 is 2.06 bits per heavy atom. The van der Waals surface area contributed by atoms with Crippen LogP contribution in [-0.2, 0) is 48.7 Å². The molecular formula is C13H15O4Y-3. The molecule has 0 aliphatic carbocycles. The van der Waals surface area contributed by atoms with Crippen molar-refractivity contribution in [2.75, 3.05) is 0 Å². The Morgan fingerprint density at radius 1 is 1.22 bits per heavy atom. The molecule has 0 bridgehead atoms. The maximum Gasteiger partial charge on any atom is 0.0411 e. The van der Waals surface area contributed by atoms with E-state index in [1.807, 2.05) is 19.9 Å². The molecule has 0 saturated heterocycles. The molecule has 18 heavy (non-hydrogen) atoms. The molecule has 1 radical (unpaired) electrons. The van der Waals surface area contributed by atoms with E-state index < -0.39 is 11.9 Å². The van der Waals surface area contributed by atoms with Crippen LogP contribution in [0.4, 0.5) is 0 Å². The van der Waals surface area contributed by atoms with E-state index in [1.54, 1.807) is 6.07 Å². The smallest absolute Gasteiger partial charge is 0.0411 e. The number of benzene rings is 1. The molecule has 1 aromatic rings. The molecule has 0 N–H and O–H groups in total. The summed E-state index contributed by atoms with van der Waals surface area (Å²) in [7, 11) is 0. The predicted molar refractivity (Wildman–Crippen MR) is 58.8 cm³/mol. The molecule has 0 unspecified atom stereocenters. The molecule has 0 heterocycles. The maximum absolute atomic E-state index is 10.2. The van der Waals surface area contributed by atoms with Gasteiger partial charge in [0.15, 0.2) is 0 Å². The molecule has 4 nitrogen and oxygen atoms in total. The van der Waals surface area contributed by atoms with Crippen LogP contribution < -0.4 is 10.2 Å². The minimum atomic E-state index is -1.05. The summed E-state index contributed by atoms with van der Waals surface area (Å²) in [5, 5.41) is 19.5. The van der Waals surface area contributed by atoms with E-state index in [9.17, 15) is 19.8 Å². The van der Waals surface area contributed by atoms with Crippen molar-refractivity contribution < 1.29 is 52.5 Å². The van der Waals surface area contributed by atoms with Crippen molar-refractivity contribution in [2.45, 2.75) is 33.6 Å². The van der Waals surface area contributed by atoms with Crippen molar-refractivity contribution in [1.82, 2.24) is 0 Å². The summed E-state index contributed by atoms with van der Waals surface area (Å²) in [6, 6.07) is 6.52. The van der Waals surface area contributed by atoms with Crippen molar-refractivity contribution >= 4 is 11.9 Å². The summed E-state index contributed by atoms with van der Waals surface area (Å²) in [6.07, 6.45) is 0.0810. The number of carbonyl (C=O) groups excluding carboxylic acids is 2. The number of carboxylic acid groups (broad SMARTS) is 2. The third kappa shape index (κ3) is 9.31. The first-order valence-corrected chi connectivity index (χ1v) is 5.24. The van der Waals surface area contributed by atoms with E-state index in [2.05, 4.69) is 6.07 Å². The first-order valence-electron chi connectivity index (χ1n) is 5.24. The quantitative estimate of drug-likeness (QED) is 0.705. The number of carboxylic acids is 2. The molecular weight excluding hydrogens is 309 g/mol. The van der Waals surface area contributed by atoms with Crippen LogP contribution in [0.25, 0.3) is 0 Å². The fraction of sp³-hybridized carbons (Fsp3) is 0.385. The van der Waals surface area contributed by atoms with Gasteiger partial charge in [-0.1, -0.05) is 20.8 Å². The normalized spacial score (nSPS) is 8.61. The molecule has 1 rings (SSSR count). The Kier molecular flexibility index (Phi) is 11.1. The van der Waals surface area contributed by atoms with E-state index in [-0.39, 0.29) is 45.6 Å². The molecule has 5 heteroatoms. The van der Waals surface area contributed by atoms with Crippen molar-refractivity contribution in [1.29, 1.82) is 0 Å². The zero-order valence-corrected chi connectivity index (χ0v) is 13.6. The monoisotopic (exact) mass is 324 g/mol. The molecule has 97 valence electrons. The van der Waals surface area contributed by atoms with E-state index in [4.69, 9.17) is 0 Å². The number of carbonyl (C=O) groups is 2. The summed E-state index contributed by atoms with van der Waals surface area (Å²) in [6.45, 7) is 5.41. The first kappa shape index (κ1) is 19.6. The zero-order chi connectivity index (χ0) is 13.4. The van der Waals surface area contributed by atoms with Gasteiger partial charge in [-0.3, -0.25) is 0 Å². The van der Waals surface area contributed by atoms with Gasteiger partial charge in [-0.15, -0.1) is 0 Å². The molecule has 0 saturated carbocycles. The fourth-order valence-electron chi connectivity index (χ4n) is 1.01. The van der Waals surface area contributed by atoms with Crippen LogP contribution in [0.15, 0.2) is 12.1 Å². The number of rotatable bonds is 3. The summed E-state index contributed by atoms with van der Waals surface area (Å²) in [4.78, 5) is 19.5. The second-order valence-electron chi connectivity index (χ2n) is 3.59. The van der Waals surface area contributed by atoms with E-state index in [0.717, 1.165) is 16.7 Å².